The Balaban J connectivity index is 1.90. The number of hydrogen-bond acceptors (Lipinski definition) is 3. The molecular weight excluding hydrogens is 246 g/mol. The largest absolute Gasteiger partial charge is 0.481 e. The number of nitrogens with zero attached hydrogens (tertiary/aromatic N) is 1. The zero-order chi connectivity index (χ0) is 13.6. The lowest BCUT2D eigenvalue weighted by Gasteiger charge is -2.16. The molecule has 1 heterocycles. The molecule has 1 aliphatic heterocycles. The highest BCUT2D eigenvalue weighted by atomic mass is 16.4. The molecule has 0 radical (unpaired) electrons. The third-order valence-electron chi connectivity index (χ3n) is 3.65. The maximum absolute atomic E-state index is 11.5. The van der Waals surface area contributed by atoms with Crippen LogP contribution in [0, 0.1) is 0 Å². The third-order valence-corrected chi connectivity index (χ3v) is 3.65. The summed E-state index contributed by atoms with van der Waals surface area (Å²) in [6, 6.07) is 6.58. The molecule has 3 rings (SSSR count). The quantitative estimate of drug-likeness (QED) is 0.826. The summed E-state index contributed by atoms with van der Waals surface area (Å²) < 4.78 is 0. The molecule has 2 aliphatic rings. The lowest BCUT2D eigenvalue weighted by Crippen LogP contribution is -2.29. The van der Waals surface area contributed by atoms with E-state index in [-0.39, 0.29) is 11.8 Å². The van der Waals surface area contributed by atoms with Gasteiger partial charge in [-0.05, 0) is 30.5 Å². The molecule has 1 saturated carbocycles. The van der Waals surface area contributed by atoms with Crippen LogP contribution in [0.2, 0.25) is 0 Å². The summed E-state index contributed by atoms with van der Waals surface area (Å²) in [6.07, 6.45) is 3.70. The predicted molar refractivity (Wildman–Crippen MR) is 66.6 cm³/mol. The van der Waals surface area contributed by atoms with Crippen LogP contribution >= 0.6 is 0 Å². The number of anilines is 1. The fourth-order valence-electron chi connectivity index (χ4n) is 2.34. The molecule has 2 amide bonds. The summed E-state index contributed by atoms with van der Waals surface area (Å²) in [7, 11) is 0. The van der Waals surface area contributed by atoms with Crippen LogP contribution in [0.15, 0.2) is 36.4 Å². The van der Waals surface area contributed by atoms with Crippen molar-refractivity contribution in [3.05, 3.63) is 42.0 Å². The topological polar surface area (TPSA) is 74.7 Å². The van der Waals surface area contributed by atoms with E-state index in [1.807, 2.05) is 0 Å². The van der Waals surface area contributed by atoms with Crippen molar-refractivity contribution < 1.29 is 19.5 Å². The number of aliphatic carboxylic acids is 1. The van der Waals surface area contributed by atoms with Gasteiger partial charge in [0.25, 0.3) is 11.8 Å². The third kappa shape index (κ3) is 1.66. The monoisotopic (exact) mass is 257 g/mol. The number of hydrogen-bond donors (Lipinski definition) is 1. The van der Waals surface area contributed by atoms with Gasteiger partial charge in [0, 0.05) is 12.2 Å². The minimum atomic E-state index is -0.824. The van der Waals surface area contributed by atoms with E-state index in [2.05, 4.69) is 0 Å². The van der Waals surface area contributed by atoms with Crippen LogP contribution in [0.5, 0.6) is 0 Å². The van der Waals surface area contributed by atoms with Crippen molar-refractivity contribution in [3.63, 3.8) is 0 Å². The first-order valence-electron chi connectivity index (χ1n) is 5.95. The van der Waals surface area contributed by atoms with E-state index in [0.29, 0.717) is 18.5 Å². The second-order valence-corrected chi connectivity index (χ2v) is 4.78. The van der Waals surface area contributed by atoms with Gasteiger partial charge in [0.2, 0.25) is 0 Å². The minimum Gasteiger partial charge on any atom is -0.481 e. The number of carboxylic acid groups (broad SMARTS) is 1. The molecule has 1 aliphatic carbocycles. The number of carboxylic acids is 1. The second-order valence-electron chi connectivity index (χ2n) is 4.78. The van der Waals surface area contributed by atoms with Crippen molar-refractivity contribution in [3.8, 4) is 0 Å². The lowest BCUT2D eigenvalue weighted by molar-refractivity contribution is -0.140. The van der Waals surface area contributed by atoms with E-state index in [4.69, 9.17) is 0 Å². The standard InChI is InChI=1S/C14H11NO4/c16-11-5-6-12(17)15(11)10-3-1-9(2-4-10)14(7-8-14)13(18)19/h1-6H,7-8H2,(H,18,19). The van der Waals surface area contributed by atoms with E-state index in [0.717, 1.165) is 10.5 Å². The highest BCUT2D eigenvalue weighted by Gasteiger charge is 2.51. The van der Waals surface area contributed by atoms with E-state index in [1.54, 1.807) is 24.3 Å². The summed E-state index contributed by atoms with van der Waals surface area (Å²) in [5.41, 5.74) is 0.413. The van der Waals surface area contributed by atoms with E-state index >= 15 is 0 Å². The molecule has 96 valence electrons. The molecule has 19 heavy (non-hydrogen) atoms. The summed E-state index contributed by atoms with van der Waals surface area (Å²) >= 11 is 0. The number of carbonyl (C=O) groups excluding carboxylic acids is 2. The molecule has 1 aromatic rings. The van der Waals surface area contributed by atoms with Crippen LogP contribution < -0.4 is 4.90 Å². The van der Waals surface area contributed by atoms with Gasteiger partial charge in [-0.1, -0.05) is 12.1 Å². The van der Waals surface area contributed by atoms with E-state index in [1.165, 1.54) is 12.2 Å². The SMILES string of the molecule is O=C1C=CC(=O)N1c1ccc(C2(C(=O)O)CC2)cc1. The minimum absolute atomic E-state index is 0.378. The molecule has 5 nitrogen and oxygen atoms in total. The first-order valence-corrected chi connectivity index (χ1v) is 5.95. The van der Waals surface area contributed by atoms with Gasteiger partial charge < -0.3 is 5.11 Å². The summed E-state index contributed by atoms with van der Waals surface area (Å²) in [5, 5.41) is 9.19. The molecule has 1 aromatic carbocycles. The zero-order valence-corrected chi connectivity index (χ0v) is 10.00. The van der Waals surface area contributed by atoms with Gasteiger partial charge in [0.05, 0.1) is 11.1 Å². The van der Waals surface area contributed by atoms with Crippen molar-refractivity contribution in [2.24, 2.45) is 0 Å². The van der Waals surface area contributed by atoms with Crippen molar-refractivity contribution >= 4 is 23.5 Å². The molecule has 1 N–H and O–H groups in total. The molecule has 0 aromatic heterocycles. The van der Waals surface area contributed by atoms with Crippen molar-refractivity contribution in [2.45, 2.75) is 18.3 Å². The van der Waals surface area contributed by atoms with Crippen LogP contribution in [-0.2, 0) is 19.8 Å². The van der Waals surface area contributed by atoms with Crippen LogP contribution in [0.25, 0.3) is 0 Å². The van der Waals surface area contributed by atoms with Gasteiger partial charge >= 0.3 is 5.97 Å². The average Bonchev–Trinajstić information content (AvgIpc) is 3.13. The van der Waals surface area contributed by atoms with Gasteiger partial charge in [-0.25, -0.2) is 4.90 Å². The maximum atomic E-state index is 11.5. The summed E-state index contributed by atoms with van der Waals surface area (Å²) in [4.78, 5) is 35.3. The number of amides is 2. The zero-order valence-electron chi connectivity index (χ0n) is 10.00. The van der Waals surface area contributed by atoms with Crippen molar-refractivity contribution in [2.75, 3.05) is 4.90 Å². The predicted octanol–water partition coefficient (Wildman–Crippen LogP) is 1.23. The lowest BCUT2D eigenvalue weighted by atomic mass is 9.96. The first-order chi connectivity index (χ1) is 9.04. The fraction of sp³-hybridized carbons (Fsp3) is 0.214. The first kappa shape index (κ1) is 11.6. The van der Waals surface area contributed by atoms with E-state index in [9.17, 15) is 19.5 Å². The molecular formula is C14H11NO4. The fourth-order valence-corrected chi connectivity index (χ4v) is 2.34. The van der Waals surface area contributed by atoms with Gasteiger partial charge in [0.1, 0.15) is 0 Å². The second kappa shape index (κ2) is 3.78. The van der Waals surface area contributed by atoms with Crippen LogP contribution in [-0.4, -0.2) is 22.9 Å². The molecule has 0 atom stereocenters. The molecule has 0 bridgehead atoms. The maximum Gasteiger partial charge on any atom is 0.314 e. The van der Waals surface area contributed by atoms with Gasteiger partial charge in [-0.2, -0.15) is 0 Å². The summed E-state index contributed by atoms with van der Waals surface area (Å²) in [6.45, 7) is 0. The highest BCUT2D eigenvalue weighted by molar-refractivity contribution is 6.28. The Morgan fingerprint density at radius 2 is 1.58 bits per heavy atom. The molecule has 0 saturated heterocycles. The highest BCUT2D eigenvalue weighted by Crippen LogP contribution is 2.48. The Hall–Kier alpha value is -2.43. The Morgan fingerprint density at radius 3 is 2.00 bits per heavy atom. The Bertz CT molecular complexity index is 593. The Morgan fingerprint density at radius 1 is 1.05 bits per heavy atom. The molecule has 0 spiro atoms. The van der Waals surface area contributed by atoms with Gasteiger partial charge in [-0.15, -0.1) is 0 Å². The number of imide groups is 1. The Labute approximate surface area is 109 Å². The van der Waals surface area contributed by atoms with Crippen molar-refractivity contribution in [1.29, 1.82) is 0 Å². The normalized spacial score (nSPS) is 19.9. The van der Waals surface area contributed by atoms with Crippen LogP contribution in [0.4, 0.5) is 5.69 Å². The molecule has 5 heteroatoms. The number of benzene rings is 1. The smallest absolute Gasteiger partial charge is 0.314 e. The number of carbonyl (C=O) groups is 3. The van der Waals surface area contributed by atoms with Gasteiger partial charge in [0.15, 0.2) is 0 Å². The Kier molecular flexibility index (Phi) is 2.32. The van der Waals surface area contributed by atoms with Gasteiger partial charge in [-0.3, -0.25) is 14.4 Å². The van der Waals surface area contributed by atoms with Crippen molar-refractivity contribution in [1.82, 2.24) is 0 Å². The number of rotatable bonds is 3. The summed E-state index contributed by atoms with van der Waals surface area (Å²) in [5.74, 6) is -1.58. The van der Waals surface area contributed by atoms with E-state index < -0.39 is 11.4 Å². The van der Waals surface area contributed by atoms with Crippen LogP contribution in [0.1, 0.15) is 18.4 Å². The van der Waals surface area contributed by atoms with Crippen LogP contribution in [0.3, 0.4) is 0 Å². The average molecular weight is 257 g/mol. The molecule has 0 unspecified atom stereocenters. The molecule has 1 fully saturated rings.